The first-order valence-electron chi connectivity index (χ1n) is 9.06. The highest BCUT2D eigenvalue weighted by Crippen LogP contribution is 2.40. The molecule has 5 nitrogen and oxygen atoms in total. The van der Waals surface area contributed by atoms with E-state index >= 15 is 0 Å². The van der Waals surface area contributed by atoms with Crippen LogP contribution in [0.1, 0.15) is 35.3 Å². The van der Waals surface area contributed by atoms with Gasteiger partial charge in [0.25, 0.3) is 5.91 Å². The fourth-order valence-corrected chi connectivity index (χ4v) is 4.16. The Morgan fingerprint density at radius 2 is 1.88 bits per heavy atom. The van der Waals surface area contributed by atoms with Crippen LogP contribution in [0.5, 0.6) is 0 Å². The van der Waals surface area contributed by atoms with Gasteiger partial charge in [-0.1, -0.05) is 12.1 Å². The summed E-state index contributed by atoms with van der Waals surface area (Å²) in [5, 5.41) is 0. The van der Waals surface area contributed by atoms with Crippen molar-refractivity contribution in [3.8, 4) is 0 Å². The molecule has 2 aliphatic rings. The van der Waals surface area contributed by atoms with E-state index in [1.165, 1.54) is 12.0 Å². The van der Waals surface area contributed by atoms with Gasteiger partial charge >= 0.3 is 0 Å². The molecule has 130 valence electrons. The van der Waals surface area contributed by atoms with E-state index in [-0.39, 0.29) is 5.91 Å². The number of hydrogen-bond donors (Lipinski definition) is 0. The van der Waals surface area contributed by atoms with Gasteiger partial charge in [-0.25, -0.2) is 0 Å². The lowest BCUT2D eigenvalue weighted by Gasteiger charge is -2.39. The Labute approximate surface area is 148 Å². The highest BCUT2D eigenvalue weighted by atomic mass is 16.2. The molecule has 5 heteroatoms. The van der Waals surface area contributed by atoms with Crippen molar-refractivity contribution in [1.29, 1.82) is 0 Å². The average Bonchev–Trinajstić information content (AvgIpc) is 3.05. The predicted molar refractivity (Wildman–Crippen MR) is 95.9 cm³/mol. The quantitative estimate of drug-likeness (QED) is 0.864. The molecule has 4 heterocycles. The van der Waals surface area contributed by atoms with E-state index < -0.39 is 0 Å². The molecule has 25 heavy (non-hydrogen) atoms. The highest BCUT2D eigenvalue weighted by molar-refractivity contribution is 5.92. The van der Waals surface area contributed by atoms with Crippen molar-refractivity contribution in [3.63, 3.8) is 0 Å². The van der Waals surface area contributed by atoms with Gasteiger partial charge in [0.2, 0.25) is 0 Å². The Bertz CT molecular complexity index is 711. The molecule has 4 rings (SSSR count). The number of aromatic nitrogens is 2. The molecule has 0 radical (unpaired) electrons. The minimum atomic E-state index is 0.0701. The average molecular weight is 336 g/mol. The SMILES string of the molecule is O=C(c1ccccn1)N1CCC2(CCN(Cc3cccnc3)C2)CC1. The molecule has 2 saturated heterocycles. The Balaban J connectivity index is 1.33. The molecular weight excluding hydrogens is 312 g/mol. The number of nitrogens with zero attached hydrogens (tertiary/aromatic N) is 4. The summed E-state index contributed by atoms with van der Waals surface area (Å²) in [5.74, 6) is 0.0701. The summed E-state index contributed by atoms with van der Waals surface area (Å²) >= 11 is 0. The molecule has 0 bridgehead atoms. The fraction of sp³-hybridized carbons (Fsp3) is 0.450. The lowest BCUT2D eigenvalue weighted by molar-refractivity contribution is 0.0582. The lowest BCUT2D eigenvalue weighted by Crippen LogP contribution is -2.44. The summed E-state index contributed by atoms with van der Waals surface area (Å²) in [4.78, 5) is 25.5. The second-order valence-electron chi connectivity index (χ2n) is 7.33. The molecule has 2 fully saturated rings. The van der Waals surface area contributed by atoms with Gasteiger partial charge in [0, 0.05) is 44.8 Å². The van der Waals surface area contributed by atoms with Crippen molar-refractivity contribution >= 4 is 5.91 Å². The molecule has 0 atom stereocenters. The van der Waals surface area contributed by atoms with Crippen molar-refractivity contribution < 1.29 is 4.79 Å². The van der Waals surface area contributed by atoms with E-state index in [9.17, 15) is 4.79 Å². The first-order chi connectivity index (χ1) is 12.2. The van der Waals surface area contributed by atoms with Crippen molar-refractivity contribution in [3.05, 3.63) is 60.2 Å². The van der Waals surface area contributed by atoms with Gasteiger partial charge in [0.05, 0.1) is 0 Å². The maximum Gasteiger partial charge on any atom is 0.272 e. The van der Waals surface area contributed by atoms with Gasteiger partial charge in [-0.15, -0.1) is 0 Å². The van der Waals surface area contributed by atoms with Gasteiger partial charge in [-0.2, -0.15) is 0 Å². The number of rotatable bonds is 3. The number of pyridine rings is 2. The number of carbonyl (C=O) groups excluding carboxylic acids is 1. The first-order valence-corrected chi connectivity index (χ1v) is 9.06. The largest absolute Gasteiger partial charge is 0.337 e. The van der Waals surface area contributed by atoms with E-state index in [2.05, 4.69) is 20.9 Å². The number of hydrogen-bond acceptors (Lipinski definition) is 4. The molecular formula is C20H24N4O. The molecule has 2 aromatic rings. The van der Waals surface area contributed by atoms with Gasteiger partial charge in [-0.3, -0.25) is 19.7 Å². The molecule has 0 aliphatic carbocycles. The van der Waals surface area contributed by atoms with Crippen LogP contribution in [-0.4, -0.2) is 51.9 Å². The predicted octanol–water partition coefficient (Wildman–Crippen LogP) is 2.60. The smallest absolute Gasteiger partial charge is 0.272 e. The third-order valence-corrected chi connectivity index (χ3v) is 5.64. The van der Waals surface area contributed by atoms with Crippen LogP contribution in [-0.2, 0) is 6.54 Å². The van der Waals surface area contributed by atoms with Crippen LogP contribution >= 0.6 is 0 Å². The van der Waals surface area contributed by atoms with Crippen molar-refractivity contribution in [1.82, 2.24) is 19.8 Å². The van der Waals surface area contributed by atoms with Gasteiger partial charge < -0.3 is 4.90 Å². The zero-order valence-corrected chi connectivity index (χ0v) is 14.5. The van der Waals surface area contributed by atoms with Crippen LogP contribution in [0.4, 0.5) is 0 Å². The third kappa shape index (κ3) is 3.56. The van der Waals surface area contributed by atoms with Crippen molar-refractivity contribution in [2.75, 3.05) is 26.2 Å². The second-order valence-corrected chi connectivity index (χ2v) is 7.33. The zero-order valence-electron chi connectivity index (χ0n) is 14.5. The summed E-state index contributed by atoms with van der Waals surface area (Å²) in [7, 11) is 0. The van der Waals surface area contributed by atoms with Crippen molar-refractivity contribution in [2.24, 2.45) is 5.41 Å². The Hall–Kier alpha value is -2.27. The molecule has 0 unspecified atom stereocenters. The fourth-order valence-electron chi connectivity index (χ4n) is 4.16. The van der Waals surface area contributed by atoms with Crippen LogP contribution in [0.25, 0.3) is 0 Å². The van der Waals surface area contributed by atoms with Crippen LogP contribution in [0.15, 0.2) is 48.9 Å². The molecule has 2 aliphatic heterocycles. The number of likely N-dealkylation sites (tertiary alicyclic amines) is 2. The van der Waals surface area contributed by atoms with Gasteiger partial charge in [-0.05, 0) is 55.0 Å². The number of piperidine rings is 1. The van der Waals surface area contributed by atoms with E-state index in [1.807, 2.05) is 35.5 Å². The zero-order chi connectivity index (χ0) is 17.1. The third-order valence-electron chi connectivity index (χ3n) is 5.64. The minimum Gasteiger partial charge on any atom is -0.337 e. The molecule has 0 aromatic carbocycles. The van der Waals surface area contributed by atoms with E-state index in [1.54, 1.807) is 12.3 Å². The summed E-state index contributed by atoms with van der Waals surface area (Å²) in [5.41, 5.74) is 2.22. The Morgan fingerprint density at radius 3 is 2.60 bits per heavy atom. The maximum atomic E-state index is 12.6. The van der Waals surface area contributed by atoms with Crippen LogP contribution in [0.3, 0.4) is 0 Å². The van der Waals surface area contributed by atoms with Crippen LogP contribution < -0.4 is 0 Å². The topological polar surface area (TPSA) is 49.3 Å². The van der Waals surface area contributed by atoms with Gasteiger partial charge in [0.15, 0.2) is 0 Å². The summed E-state index contributed by atoms with van der Waals surface area (Å²) in [6.45, 7) is 4.94. The highest BCUT2D eigenvalue weighted by Gasteiger charge is 2.41. The number of amides is 1. The molecule has 0 N–H and O–H groups in total. The molecule has 1 spiro atoms. The summed E-state index contributed by atoms with van der Waals surface area (Å²) in [6.07, 6.45) is 8.89. The van der Waals surface area contributed by atoms with E-state index in [4.69, 9.17) is 0 Å². The molecule has 1 amide bonds. The normalized spacial score (nSPS) is 20.1. The summed E-state index contributed by atoms with van der Waals surface area (Å²) in [6, 6.07) is 9.67. The van der Waals surface area contributed by atoms with Crippen LogP contribution in [0.2, 0.25) is 0 Å². The molecule has 0 saturated carbocycles. The van der Waals surface area contributed by atoms with Gasteiger partial charge in [0.1, 0.15) is 5.69 Å². The Kier molecular flexibility index (Phi) is 4.49. The standard InChI is InChI=1S/C20H24N4O/c25-19(18-5-1-2-10-22-18)24-12-7-20(8-13-24)6-11-23(16-20)15-17-4-3-9-21-14-17/h1-5,9-10,14H,6-8,11-13,15-16H2. The monoisotopic (exact) mass is 336 g/mol. The Morgan fingerprint density at radius 1 is 1.04 bits per heavy atom. The van der Waals surface area contributed by atoms with Crippen LogP contribution in [0, 0.1) is 5.41 Å². The van der Waals surface area contributed by atoms with E-state index in [0.717, 1.165) is 45.6 Å². The first kappa shape index (κ1) is 16.2. The summed E-state index contributed by atoms with van der Waals surface area (Å²) < 4.78 is 0. The number of carbonyl (C=O) groups is 1. The second kappa shape index (κ2) is 6.92. The van der Waals surface area contributed by atoms with Crippen molar-refractivity contribution in [2.45, 2.75) is 25.8 Å². The lowest BCUT2D eigenvalue weighted by atomic mass is 9.77. The minimum absolute atomic E-state index is 0.0701. The van der Waals surface area contributed by atoms with E-state index in [0.29, 0.717) is 11.1 Å². The maximum absolute atomic E-state index is 12.6. The molecule has 2 aromatic heterocycles.